The van der Waals surface area contributed by atoms with Crippen molar-refractivity contribution in [2.45, 2.75) is 30.3 Å². The normalized spacial score (nSPS) is 14.2. The fourth-order valence-electron chi connectivity index (χ4n) is 4.70. The van der Waals surface area contributed by atoms with E-state index in [1.165, 1.54) is 0 Å². The predicted molar refractivity (Wildman–Crippen MR) is 151 cm³/mol. The van der Waals surface area contributed by atoms with Crippen LogP contribution in [0.5, 0.6) is 0 Å². The molecule has 6 nitrogen and oxygen atoms in total. The highest BCUT2D eigenvalue weighted by atomic mass is 35.5. The number of halogens is 1. The number of nitrogens with zero attached hydrogens (tertiary/aromatic N) is 1. The van der Waals surface area contributed by atoms with Crippen molar-refractivity contribution >= 4 is 44.8 Å². The molecule has 1 heterocycles. The van der Waals surface area contributed by atoms with Crippen molar-refractivity contribution in [2.24, 2.45) is 0 Å². The zero-order valence-corrected chi connectivity index (χ0v) is 22.0. The number of nitrogens with one attached hydrogen (secondary N) is 2. The molecule has 37 heavy (non-hydrogen) atoms. The van der Waals surface area contributed by atoms with Crippen molar-refractivity contribution in [1.82, 2.24) is 9.62 Å². The van der Waals surface area contributed by atoms with Gasteiger partial charge in [0.05, 0.1) is 4.90 Å². The van der Waals surface area contributed by atoms with Gasteiger partial charge in [-0.3, -0.25) is 4.79 Å². The number of anilines is 1. The molecule has 0 unspecified atom stereocenters. The third-order valence-corrected chi connectivity index (χ3v) is 8.10. The maximum atomic E-state index is 13.2. The van der Waals surface area contributed by atoms with Crippen LogP contribution in [-0.4, -0.2) is 38.4 Å². The molecule has 2 N–H and O–H groups in total. The molecule has 0 bridgehead atoms. The molecular weight excluding hydrogens is 506 g/mol. The molecule has 1 saturated heterocycles. The monoisotopic (exact) mass is 535 g/mol. The van der Waals surface area contributed by atoms with Crippen molar-refractivity contribution in [3.8, 4) is 0 Å². The standard InChI is InChI=1S/C29H29N3O3S.ClH/c33-29(23-11-5-2-6-12-23)32-19-17-24(18-20-32)31-27-15-7-14-26-25(27)13-8-16-28(26)36(34,35)30-21-22-9-3-1-4-10-22;/h1-16,24,30-31H,17-21H2;1H. The molecule has 1 fully saturated rings. The van der Waals surface area contributed by atoms with Crippen molar-refractivity contribution < 1.29 is 13.2 Å². The fourth-order valence-corrected chi connectivity index (χ4v) is 5.94. The van der Waals surface area contributed by atoms with Crippen molar-refractivity contribution in [2.75, 3.05) is 18.4 Å². The highest BCUT2D eigenvalue weighted by Crippen LogP contribution is 2.30. The quantitative estimate of drug-likeness (QED) is 0.329. The van der Waals surface area contributed by atoms with E-state index in [4.69, 9.17) is 0 Å². The second kappa shape index (κ2) is 11.8. The lowest BCUT2D eigenvalue weighted by molar-refractivity contribution is 0.0718. The summed E-state index contributed by atoms with van der Waals surface area (Å²) in [6, 6.07) is 30.1. The first-order chi connectivity index (χ1) is 17.5. The highest BCUT2D eigenvalue weighted by molar-refractivity contribution is 7.89. The zero-order valence-electron chi connectivity index (χ0n) is 20.3. The van der Waals surface area contributed by atoms with Gasteiger partial charge in [-0.1, -0.05) is 72.8 Å². The second-order valence-electron chi connectivity index (χ2n) is 9.04. The SMILES string of the molecule is Cl.O=C(c1ccccc1)N1CCC(Nc2cccc3c(S(=O)(=O)NCc4ccccc4)cccc23)CC1. The van der Waals surface area contributed by atoms with E-state index in [-0.39, 0.29) is 35.8 Å². The summed E-state index contributed by atoms with van der Waals surface area (Å²) in [5, 5.41) is 5.15. The van der Waals surface area contributed by atoms with Crippen molar-refractivity contribution in [1.29, 1.82) is 0 Å². The molecule has 5 rings (SSSR count). The van der Waals surface area contributed by atoms with Gasteiger partial charge in [0, 0.05) is 47.7 Å². The zero-order chi connectivity index (χ0) is 25.0. The molecule has 192 valence electrons. The number of piperidine rings is 1. The third-order valence-electron chi connectivity index (χ3n) is 6.64. The molecular formula is C29H30ClN3O3S. The number of carbonyl (C=O) groups excluding carboxylic acids is 1. The van der Waals surface area contributed by atoms with Crippen molar-refractivity contribution in [3.63, 3.8) is 0 Å². The summed E-state index contributed by atoms with van der Waals surface area (Å²) in [7, 11) is -3.70. The number of fused-ring (bicyclic) bond motifs is 1. The fraction of sp³-hybridized carbons (Fsp3) is 0.207. The Labute approximate surface area is 224 Å². The average molecular weight is 536 g/mol. The van der Waals surface area contributed by atoms with Crippen LogP contribution in [-0.2, 0) is 16.6 Å². The molecule has 0 saturated carbocycles. The van der Waals surface area contributed by atoms with Crippen LogP contribution in [0.1, 0.15) is 28.8 Å². The summed E-state index contributed by atoms with van der Waals surface area (Å²) in [4.78, 5) is 14.9. The first kappa shape index (κ1) is 26.7. The molecule has 1 aliphatic rings. The van der Waals surface area contributed by atoms with Gasteiger partial charge in [0.25, 0.3) is 5.91 Å². The van der Waals surface area contributed by atoms with Gasteiger partial charge in [0.1, 0.15) is 0 Å². The Kier molecular flexibility index (Phi) is 8.48. The van der Waals surface area contributed by atoms with Crippen LogP contribution in [0.2, 0.25) is 0 Å². The first-order valence-corrected chi connectivity index (χ1v) is 13.7. The molecule has 0 aliphatic carbocycles. The largest absolute Gasteiger partial charge is 0.382 e. The Balaban J connectivity index is 0.00000320. The summed E-state index contributed by atoms with van der Waals surface area (Å²) < 4.78 is 29.1. The lowest BCUT2D eigenvalue weighted by Crippen LogP contribution is -2.42. The second-order valence-corrected chi connectivity index (χ2v) is 10.8. The van der Waals surface area contributed by atoms with E-state index in [9.17, 15) is 13.2 Å². The number of hydrogen-bond acceptors (Lipinski definition) is 4. The number of likely N-dealkylation sites (tertiary alicyclic amines) is 1. The molecule has 4 aromatic carbocycles. The van der Waals surface area contributed by atoms with E-state index < -0.39 is 10.0 Å². The van der Waals surface area contributed by atoms with Crippen LogP contribution in [0, 0.1) is 0 Å². The molecule has 8 heteroatoms. The van der Waals surface area contributed by atoms with Gasteiger partial charge in [-0.05, 0) is 42.7 Å². The van der Waals surface area contributed by atoms with Gasteiger partial charge in [-0.2, -0.15) is 0 Å². The summed E-state index contributed by atoms with van der Waals surface area (Å²) >= 11 is 0. The molecule has 4 aromatic rings. The van der Waals surface area contributed by atoms with E-state index in [1.54, 1.807) is 12.1 Å². The number of benzene rings is 4. The van der Waals surface area contributed by atoms with Gasteiger partial charge in [-0.15, -0.1) is 12.4 Å². The van der Waals surface area contributed by atoms with Gasteiger partial charge < -0.3 is 10.2 Å². The van der Waals surface area contributed by atoms with Gasteiger partial charge >= 0.3 is 0 Å². The van der Waals surface area contributed by atoms with E-state index in [0.29, 0.717) is 24.0 Å². The Morgan fingerprint density at radius 3 is 2.11 bits per heavy atom. The van der Waals surface area contributed by atoms with Crippen LogP contribution in [0.15, 0.2) is 102 Å². The molecule has 0 radical (unpaired) electrons. The summed E-state index contributed by atoms with van der Waals surface area (Å²) in [6.07, 6.45) is 1.65. The van der Waals surface area contributed by atoms with E-state index >= 15 is 0 Å². The molecule has 0 spiro atoms. The average Bonchev–Trinajstić information content (AvgIpc) is 2.93. The number of hydrogen-bond donors (Lipinski definition) is 2. The molecule has 1 aliphatic heterocycles. The number of rotatable bonds is 7. The maximum Gasteiger partial charge on any atom is 0.253 e. The minimum Gasteiger partial charge on any atom is -0.382 e. The Hall–Kier alpha value is -3.39. The molecule has 1 amide bonds. The van der Waals surface area contributed by atoms with Crippen molar-refractivity contribution in [3.05, 3.63) is 108 Å². The van der Waals surface area contributed by atoms with Crippen LogP contribution in [0.4, 0.5) is 5.69 Å². The first-order valence-electron chi connectivity index (χ1n) is 12.2. The Bertz CT molecular complexity index is 1460. The van der Waals surface area contributed by atoms with Crippen LogP contribution < -0.4 is 10.0 Å². The number of carbonyl (C=O) groups is 1. The lowest BCUT2D eigenvalue weighted by Gasteiger charge is -2.33. The predicted octanol–water partition coefficient (Wildman–Crippen LogP) is 5.46. The minimum atomic E-state index is -3.70. The lowest BCUT2D eigenvalue weighted by atomic mass is 10.0. The summed E-state index contributed by atoms with van der Waals surface area (Å²) in [5.74, 6) is 0.0667. The molecule has 0 atom stereocenters. The number of amides is 1. The highest BCUT2D eigenvalue weighted by Gasteiger charge is 2.24. The number of sulfonamides is 1. The summed E-state index contributed by atoms with van der Waals surface area (Å²) in [5.41, 5.74) is 2.52. The van der Waals surface area contributed by atoms with Gasteiger partial charge in [0.15, 0.2) is 0 Å². The van der Waals surface area contributed by atoms with Gasteiger partial charge in [-0.25, -0.2) is 13.1 Å². The smallest absolute Gasteiger partial charge is 0.253 e. The Morgan fingerprint density at radius 1 is 0.784 bits per heavy atom. The Morgan fingerprint density at radius 2 is 1.41 bits per heavy atom. The van der Waals surface area contributed by atoms with Crippen LogP contribution in [0.3, 0.4) is 0 Å². The van der Waals surface area contributed by atoms with Gasteiger partial charge in [0.2, 0.25) is 10.0 Å². The maximum absolute atomic E-state index is 13.2. The topological polar surface area (TPSA) is 78.5 Å². The van der Waals surface area contributed by atoms with E-state index in [0.717, 1.165) is 29.5 Å². The minimum absolute atomic E-state index is 0. The van der Waals surface area contributed by atoms with E-state index in [1.807, 2.05) is 89.8 Å². The molecule has 0 aromatic heterocycles. The van der Waals surface area contributed by atoms with E-state index in [2.05, 4.69) is 10.0 Å². The van der Waals surface area contributed by atoms with Crippen LogP contribution in [0.25, 0.3) is 10.8 Å². The third kappa shape index (κ3) is 6.13. The van der Waals surface area contributed by atoms with Crippen LogP contribution >= 0.6 is 12.4 Å². The summed E-state index contributed by atoms with van der Waals surface area (Å²) in [6.45, 7) is 1.59.